The van der Waals surface area contributed by atoms with Crippen molar-refractivity contribution in [3.63, 3.8) is 0 Å². The second kappa shape index (κ2) is 9.04. The highest BCUT2D eigenvalue weighted by molar-refractivity contribution is 5.94. The Labute approximate surface area is 182 Å². The first-order valence-electron chi connectivity index (χ1n) is 10.5. The molecule has 0 aliphatic carbocycles. The van der Waals surface area contributed by atoms with Crippen LogP contribution in [0.4, 0.5) is 5.69 Å². The molecular weight excluding hydrogens is 388 g/mol. The molecule has 0 atom stereocenters. The number of anilines is 1. The second-order valence-corrected chi connectivity index (χ2v) is 7.86. The summed E-state index contributed by atoms with van der Waals surface area (Å²) in [6.07, 6.45) is 0.803. The summed E-state index contributed by atoms with van der Waals surface area (Å²) in [5.74, 6) is 0.534. The van der Waals surface area contributed by atoms with Gasteiger partial charge in [0.1, 0.15) is 5.75 Å². The van der Waals surface area contributed by atoms with Crippen molar-refractivity contribution in [2.75, 3.05) is 18.5 Å². The van der Waals surface area contributed by atoms with Gasteiger partial charge < -0.3 is 15.0 Å². The molecule has 1 aliphatic rings. The smallest absolute Gasteiger partial charge is 0.262 e. The third kappa shape index (κ3) is 4.77. The van der Waals surface area contributed by atoms with Crippen LogP contribution < -0.4 is 10.1 Å². The summed E-state index contributed by atoms with van der Waals surface area (Å²) in [7, 11) is 0. The van der Waals surface area contributed by atoms with Crippen molar-refractivity contribution >= 4 is 17.5 Å². The number of nitrogens with one attached hydrogen (secondary N) is 1. The molecule has 4 rings (SSSR count). The van der Waals surface area contributed by atoms with Crippen LogP contribution in [0.25, 0.3) is 0 Å². The molecular formula is C26H26N2O3. The first-order chi connectivity index (χ1) is 15.0. The minimum absolute atomic E-state index is 0.0302. The molecule has 2 amide bonds. The summed E-state index contributed by atoms with van der Waals surface area (Å²) in [5, 5.41) is 2.90. The van der Waals surface area contributed by atoms with Gasteiger partial charge >= 0.3 is 0 Å². The predicted octanol–water partition coefficient (Wildman–Crippen LogP) is 4.52. The molecule has 0 fully saturated rings. The Morgan fingerprint density at radius 2 is 1.77 bits per heavy atom. The molecule has 3 aromatic rings. The number of carbonyl (C=O) groups is 2. The van der Waals surface area contributed by atoms with E-state index in [0.717, 1.165) is 28.9 Å². The van der Waals surface area contributed by atoms with Crippen molar-refractivity contribution in [3.05, 3.63) is 94.5 Å². The predicted molar refractivity (Wildman–Crippen MR) is 121 cm³/mol. The van der Waals surface area contributed by atoms with E-state index in [1.165, 1.54) is 5.56 Å². The molecule has 3 aromatic carbocycles. The summed E-state index contributed by atoms with van der Waals surface area (Å²) in [6.45, 7) is 5.16. The summed E-state index contributed by atoms with van der Waals surface area (Å²) in [5.41, 5.74) is 5.83. The van der Waals surface area contributed by atoms with Gasteiger partial charge in [-0.3, -0.25) is 9.59 Å². The lowest BCUT2D eigenvalue weighted by atomic mass is 9.98. The fourth-order valence-corrected chi connectivity index (χ4v) is 3.79. The van der Waals surface area contributed by atoms with E-state index in [0.29, 0.717) is 24.3 Å². The van der Waals surface area contributed by atoms with Crippen LogP contribution in [0, 0.1) is 13.8 Å². The summed E-state index contributed by atoms with van der Waals surface area (Å²) < 4.78 is 5.70. The molecule has 5 nitrogen and oxygen atoms in total. The molecule has 1 aliphatic heterocycles. The maximum absolute atomic E-state index is 12.8. The molecule has 0 bridgehead atoms. The number of aryl methyl sites for hydroxylation is 1. The van der Waals surface area contributed by atoms with Gasteiger partial charge in [-0.05, 0) is 72.9 Å². The lowest BCUT2D eigenvalue weighted by Gasteiger charge is -2.29. The van der Waals surface area contributed by atoms with Crippen LogP contribution in [0.1, 0.15) is 32.6 Å². The maximum Gasteiger partial charge on any atom is 0.262 e. The minimum atomic E-state index is -0.214. The average Bonchev–Trinajstić information content (AvgIpc) is 2.79. The van der Waals surface area contributed by atoms with Crippen molar-refractivity contribution in [3.8, 4) is 5.75 Å². The number of hydrogen-bond donors (Lipinski definition) is 1. The Bertz CT molecular complexity index is 1110. The fourth-order valence-electron chi connectivity index (χ4n) is 3.79. The van der Waals surface area contributed by atoms with Gasteiger partial charge in [-0.15, -0.1) is 0 Å². The van der Waals surface area contributed by atoms with Crippen LogP contribution in [0.5, 0.6) is 5.75 Å². The van der Waals surface area contributed by atoms with Crippen molar-refractivity contribution in [1.29, 1.82) is 0 Å². The molecule has 0 saturated carbocycles. The first-order valence-corrected chi connectivity index (χ1v) is 10.5. The van der Waals surface area contributed by atoms with Crippen molar-refractivity contribution in [1.82, 2.24) is 4.90 Å². The van der Waals surface area contributed by atoms with E-state index in [2.05, 4.69) is 5.32 Å². The van der Waals surface area contributed by atoms with Gasteiger partial charge in [0.15, 0.2) is 6.61 Å². The number of carbonyl (C=O) groups excluding carboxylic acids is 2. The lowest BCUT2D eigenvalue weighted by molar-refractivity contribution is -0.118. The third-order valence-electron chi connectivity index (χ3n) is 5.72. The summed E-state index contributed by atoms with van der Waals surface area (Å²) >= 11 is 0. The van der Waals surface area contributed by atoms with Crippen molar-refractivity contribution in [2.24, 2.45) is 0 Å². The summed E-state index contributed by atoms with van der Waals surface area (Å²) in [4.78, 5) is 27.0. The Morgan fingerprint density at radius 3 is 2.58 bits per heavy atom. The number of nitrogens with zero attached hydrogens (tertiary/aromatic N) is 1. The molecule has 0 unspecified atom stereocenters. The van der Waals surface area contributed by atoms with E-state index in [-0.39, 0.29) is 18.4 Å². The van der Waals surface area contributed by atoms with E-state index in [1.54, 1.807) is 0 Å². The molecule has 0 aromatic heterocycles. The van der Waals surface area contributed by atoms with E-state index < -0.39 is 0 Å². The van der Waals surface area contributed by atoms with E-state index in [1.807, 2.05) is 85.5 Å². The van der Waals surface area contributed by atoms with Crippen LogP contribution in [-0.4, -0.2) is 29.9 Å². The van der Waals surface area contributed by atoms with Crippen molar-refractivity contribution in [2.45, 2.75) is 26.8 Å². The van der Waals surface area contributed by atoms with Crippen LogP contribution in [0.3, 0.4) is 0 Å². The molecule has 0 spiro atoms. The maximum atomic E-state index is 12.8. The zero-order chi connectivity index (χ0) is 21.8. The zero-order valence-corrected chi connectivity index (χ0v) is 17.9. The number of benzene rings is 3. The topological polar surface area (TPSA) is 58.6 Å². The van der Waals surface area contributed by atoms with Gasteiger partial charge in [0, 0.05) is 24.3 Å². The summed E-state index contributed by atoms with van der Waals surface area (Å²) in [6, 6.07) is 21.0. The highest BCUT2D eigenvalue weighted by Crippen LogP contribution is 2.24. The van der Waals surface area contributed by atoms with Crippen LogP contribution >= 0.6 is 0 Å². The van der Waals surface area contributed by atoms with Crippen molar-refractivity contribution < 1.29 is 14.3 Å². The molecule has 1 heterocycles. The third-order valence-corrected chi connectivity index (χ3v) is 5.72. The fraction of sp³-hybridized carbons (Fsp3) is 0.231. The highest BCUT2D eigenvalue weighted by Gasteiger charge is 2.22. The Kier molecular flexibility index (Phi) is 6.03. The van der Waals surface area contributed by atoms with E-state index >= 15 is 0 Å². The molecule has 5 heteroatoms. The van der Waals surface area contributed by atoms with E-state index in [9.17, 15) is 9.59 Å². The van der Waals surface area contributed by atoms with Gasteiger partial charge in [0.25, 0.3) is 11.8 Å². The number of fused-ring (bicyclic) bond motifs is 1. The lowest BCUT2D eigenvalue weighted by Crippen LogP contribution is -2.36. The second-order valence-electron chi connectivity index (χ2n) is 7.86. The number of amides is 2. The Morgan fingerprint density at radius 1 is 0.968 bits per heavy atom. The monoisotopic (exact) mass is 414 g/mol. The van der Waals surface area contributed by atoms with Gasteiger partial charge in [-0.25, -0.2) is 0 Å². The molecule has 158 valence electrons. The molecule has 1 N–H and O–H groups in total. The normalized spacial score (nSPS) is 12.8. The zero-order valence-electron chi connectivity index (χ0n) is 17.9. The van der Waals surface area contributed by atoms with Crippen LogP contribution in [0.2, 0.25) is 0 Å². The van der Waals surface area contributed by atoms with Gasteiger partial charge in [-0.2, -0.15) is 0 Å². The first kappa shape index (κ1) is 20.7. The SMILES string of the molecule is Cc1cccc(OCC(=O)Nc2ccc3c(c2)CN(C(=O)c2ccccc2)CC3)c1C. The minimum Gasteiger partial charge on any atom is -0.483 e. The van der Waals surface area contributed by atoms with Gasteiger partial charge in [0.2, 0.25) is 0 Å². The quantitative estimate of drug-likeness (QED) is 0.668. The largest absolute Gasteiger partial charge is 0.483 e. The Hall–Kier alpha value is -3.60. The standard InChI is InChI=1S/C26H26N2O3/c1-18-7-6-10-24(19(18)2)31-17-25(29)27-23-12-11-20-13-14-28(16-22(20)15-23)26(30)21-8-4-3-5-9-21/h3-12,15H,13-14,16-17H2,1-2H3,(H,27,29). The number of hydrogen-bond acceptors (Lipinski definition) is 3. The molecule has 0 saturated heterocycles. The highest BCUT2D eigenvalue weighted by atomic mass is 16.5. The Balaban J connectivity index is 1.39. The van der Waals surface area contributed by atoms with Gasteiger partial charge in [0.05, 0.1) is 0 Å². The molecule has 31 heavy (non-hydrogen) atoms. The molecule has 0 radical (unpaired) electrons. The van der Waals surface area contributed by atoms with Crippen LogP contribution in [-0.2, 0) is 17.8 Å². The van der Waals surface area contributed by atoms with Crippen LogP contribution in [0.15, 0.2) is 66.7 Å². The average molecular weight is 415 g/mol. The van der Waals surface area contributed by atoms with Gasteiger partial charge in [-0.1, -0.05) is 36.4 Å². The van der Waals surface area contributed by atoms with E-state index in [4.69, 9.17) is 4.74 Å². The number of rotatable bonds is 5. The number of ether oxygens (including phenoxy) is 1.